The third-order valence-electron chi connectivity index (χ3n) is 3.50. The molecule has 1 aliphatic carbocycles. The summed E-state index contributed by atoms with van der Waals surface area (Å²) >= 11 is 0. The van der Waals surface area contributed by atoms with Crippen LogP contribution in [0.1, 0.15) is 19.8 Å². The molecule has 0 aromatic carbocycles. The first-order valence-corrected chi connectivity index (χ1v) is 6.04. The highest BCUT2D eigenvalue weighted by atomic mass is 16.6. The summed E-state index contributed by atoms with van der Waals surface area (Å²) in [6, 6.07) is 0. The predicted octanol–water partition coefficient (Wildman–Crippen LogP) is -0.411. The molecule has 0 amide bonds. The van der Waals surface area contributed by atoms with Crippen molar-refractivity contribution in [1.29, 1.82) is 0 Å². The number of carbonyl (C=O) groups is 5. The molecular formula is C12H14O9. The van der Waals surface area contributed by atoms with Gasteiger partial charge in [-0.2, -0.15) is 0 Å². The standard InChI is InChI=1S/C12H14O9/c1-4(13)21-8(14)3-5-6(10(15)16)2-7(11(17)18)9(5)12(19)20/h5-7,9H,2-3H2,1H3,(H,15,16)(H,17,18)(H,19,20). The average Bonchev–Trinajstić information content (AvgIpc) is 2.67. The van der Waals surface area contributed by atoms with Gasteiger partial charge in [-0.3, -0.25) is 24.0 Å². The molecule has 0 aromatic heterocycles. The van der Waals surface area contributed by atoms with Crippen LogP contribution in [0.3, 0.4) is 0 Å². The van der Waals surface area contributed by atoms with Crippen molar-refractivity contribution >= 4 is 29.8 Å². The van der Waals surface area contributed by atoms with E-state index in [1.165, 1.54) is 0 Å². The van der Waals surface area contributed by atoms with Crippen LogP contribution in [0.5, 0.6) is 0 Å². The minimum absolute atomic E-state index is 0.389. The van der Waals surface area contributed by atoms with Gasteiger partial charge in [-0.05, 0) is 12.3 Å². The Morgan fingerprint density at radius 2 is 1.48 bits per heavy atom. The molecule has 9 nitrogen and oxygen atoms in total. The summed E-state index contributed by atoms with van der Waals surface area (Å²) in [5.74, 6) is -11.8. The zero-order chi connectivity index (χ0) is 16.3. The second-order valence-electron chi connectivity index (χ2n) is 4.82. The monoisotopic (exact) mass is 302 g/mol. The maximum atomic E-state index is 11.4. The molecule has 21 heavy (non-hydrogen) atoms. The van der Waals surface area contributed by atoms with Crippen molar-refractivity contribution in [3.05, 3.63) is 0 Å². The molecular weight excluding hydrogens is 288 g/mol. The van der Waals surface area contributed by atoms with Crippen LogP contribution in [0, 0.1) is 23.7 Å². The molecule has 9 heteroatoms. The molecule has 0 heterocycles. The van der Waals surface area contributed by atoms with Gasteiger partial charge in [-0.15, -0.1) is 0 Å². The fourth-order valence-corrected chi connectivity index (χ4v) is 2.70. The third-order valence-corrected chi connectivity index (χ3v) is 3.50. The van der Waals surface area contributed by atoms with E-state index in [-0.39, 0.29) is 6.42 Å². The van der Waals surface area contributed by atoms with E-state index in [1.807, 2.05) is 0 Å². The summed E-state index contributed by atoms with van der Waals surface area (Å²) in [5.41, 5.74) is 0. The zero-order valence-electron chi connectivity index (χ0n) is 11.0. The number of carbonyl (C=O) groups excluding carboxylic acids is 2. The molecule has 4 atom stereocenters. The fraction of sp³-hybridized carbons (Fsp3) is 0.583. The Bertz CT molecular complexity index is 495. The number of hydrogen-bond acceptors (Lipinski definition) is 6. The summed E-state index contributed by atoms with van der Waals surface area (Å²) in [6.45, 7) is 0.968. The maximum Gasteiger partial charge on any atom is 0.313 e. The summed E-state index contributed by atoms with van der Waals surface area (Å²) in [6.07, 6.45) is -1.03. The predicted molar refractivity (Wildman–Crippen MR) is 62.9 cm³/mol. The molecule has 116 valence electrons. The lowest BCUT2D eigenvalue weighted by Crippen LogP contribution is -2.32. The largest absolute Gasteiger partial charge is 0.481 e. The average molecular weight is 302 g/mol. The maximum absolute atomic E-state index is 11.4. The molecule has 1 fully saturated rings. The van der Waals surface area contributed by atoms with E-state index in [0.29, 0.717) is 0 Å². The van der Waals surface area contributed by atoms with Crippen molar-refractivity contribution in [2.45, 2.75) is 19.8 Å². The van der Waals surface area contributed by atoms with Crippen LogP contribution in [-0.2, 0) is 28.7 Å². The zero-order valence-corrected chi connectivity index (χ0v) is 11.0. The first kappa shape index (κ1) is 16.6. The summed E-state index contributed by atoms with van der Waals surface area (Å²) in [5, 5.41) is 27.2. The summed E-state index contributed by atoms with van der Waals surface area (Å²) in [7, 11) is 0. The van der Waals surface area contributed by atoms with Crippen molar-refractivity contribution in [2.75, 3.05) is 0 Å². The van der Waals surface area contributed by atoms with Crippen molar-refractivity contribution < 1.29 is 44.0 Å². The number of hydrogen-bond donors (Lipinski definition) is 3. The molecule has 0 saturated heterocycles. The second kappa shape index (κ2) is 6.33. The minimum atomic E-state index is -1.52. The number of ether oxygens (including phenoxy) is 1. The molecule has 1 saturated carbocycles. The fourth-order valence-electron chi connectivity index (χ4n) is 2.70. The topological polar surface area (TPSA) is 155 Å². The number of aliphatic carboxylic acids is 3. The molecule has 1 rings (SSSR count). The number of rotatable bonds is 5. The van der Waals surface area contributed by atoms with Crippen LogP contribution in [0.4, 0.5) is 0 Å². The van der Waals surface area contributed by atoms with Gasteiger partial charge >= 0.3 is 29.8 Å². The Hall–Kier alpha value is -2.45. The van der Waals surface area contributed by atoms with Crippen LogP contribution in [0.15, 0.2) is 0 Å². The van der Waals surface area contributed by atoms with E-state index >= 15 is 0 Å². The molecule has 0 aromatic rings. The van der Waals surface area contributed by atoms with Crippen molar-refractivity contribution in [3.63, 3.8) is 0 Å². The lowest BCUT2D eigenvalue weighted by molar-refractivity contribution is -0.160. The molecule has 0 aliphatic heterocycles. The van der Waals surface area contributed by atoms with E-state index in [0.717, 1.165) is 6.92 Å². The highest BCUT2D eigenvalue weighted by Gasteiger charge is 2.53. The van der Waals surface area contributed by atoms with Gasteiger partial charge in [0.1, 0.15) is 0 Å². The quantitative estimate of drug-likeness (QED) is 0.453. The Kier molecular flexibility index (Phi) is 5.01. The molecule has 0 radical (unpaired) electrons. The second-order valence-corrected chi connectivity index (χ2v) is 4.82. The van der Waals surface area contributed by atoms with Gasteiger partial charge in [0.05, 0.1) is 24.2 Å². The molecule has 0 bridgehead atoms. The van der Waals surface area contributed by atoms with E-state index in [2.05, 4.69) is 4.74 Å². The van der Waals surface area contributed by atoms with Crippen molar-refractivity contribution in [3.8, 4) is 0 Å². The van der Waals surface area contributed by atoms with Crippen LogP contribution in [-0.4, -0.2) is 45.2 Å². The molecule has 3 N–H and O–H groups in total. The SMILES string of the molecule is CC(=O)OC(=O)CC1C(C(=O)O)CC(C(=O)O)C1C(=O)O. The van der Waals surface area contributed by atoms with Gasteiger partial charge < -0.3 is 20.1 Å². The van der Waals surface area contributed by atoms with Gasteiger partial charge in [0, 0.05) is 6.92 Å². The van der Waals surface area contributed by atoms with Crippen molar-refractivity contribution in [2.24, 2.45) is 23.7 Å². The summed E-state index contributed by atoms with van der Waals surface area (Å²) < 4.78 is 4.25. The van der Waals surface area contributed by atoms with Crippen LogP contribution in [0.25, 0.3) is 0 Å². The van der Waals surface area contributed by atoms with Gasteiger partial charge in [0.2, 0.25) is 0 Å². The van der Waals surface area contributed by atoms with Gasteiger partial charge in [-0.25, -0.2) is 0 Å². The number of carboxylic acids is 3. The van der Waals surface area contributed by atoms with Gasteiger partial charge in [0.15, 0.2) is 0 Å². The molecule has 1 aliphatic rings. The lowest BCUT2D eigenvalue weighted by Gasteiger charge is -2.19. The molecule has 0 spiro atoms. The Morgan fingerprint density at radius 3 is 1.86 bits per heavy atom. The van der Waals surface area contributed by atoms with E-state index in [9.17, 15) is 24.0 Å². The molecule has 4 unspecified atom stereocenters. The lowest BCUT2D eigenvalue weighted by atomic mass is 9.84. The highest BCUT2D eigenvalue weighted by molar-refractivity contribution is 5.87. The smallest absolute Gasteiger partial charge is 0.313 e. The summed E-state index contributed by atoms with van der Waals surface area (Å²) in [4.78, 5) is 55.5. The Balaban J connectivity index is 3.04. The van der Waals surface area contributed by atoms with E-state index < -0.39 is 59.9 Å². The Morgan fingerprint density at radius 1 is 0.952 bits per heavy atom. The normalized spacial score (nSPS) is 27.9. The number of esters is 2. The van der Waals surface area contributed by atoms with Crippen LogP contribution in [0.2, 0.25) is 0 Å². The van der Waals surface area contributed by atoms with E-state index in [1.54, 1.807) is 0 Å². The van der Waals surface area contributed by atoms with Crippen LogP contribution >= 0.6 is 0 Å². The first-order valence-electron chi connectivity index (χ1n) is 6.04. The third kappa shape index (κ3) is 3.77. The van der Waals surface area contributed by atoms with Crippen LogP contribution < -0.4 is 0 Å². The van der Waals surface area contributed by atoms with Gasteiger partial charge in [0.25, 0.3) is 0 Å². The van der Waals surface area contributed by atoms with Crippen molar-refractivity contribution in [1.82, 2.24) is 0 Å². The number of carboxylic acid groups (broad SMARTS) is 3. The minimum Gasteiger partial charge on any atom is -0.481 e. The Labute approximate surface area is 118 Å². The van der Waals surface area contributed by atoms with E-state index in [4.69, 9.17) is 15.3 Å². The highest BCUT2D eigenvalue weighted by Crippen LogP contribution is 2.44. The van der Waals surface area contributed by atoms with Gasteiger partial charge in [-0.1, -0.05) is 0 Å². The first-order chi connectivity index (χ1) is 9.65.